The molecular weight excluding hydrogens is 340 g/mol. The Morgan fingerprint density at radius 1 is 1.15 bits per heavy atom. The highest BCUT2D eigenvalue weighted by Crippen LogP contribution is 2.17. The minimum Gasteiger partial charge on any atom is -0.340 e. The first kappa shape index (κ1) is 19.4. The van der Waals surface area contributed by atoms with Gasteiger partial charge in [0.15, 0.2) is 0 Å². The fourth-order valence-electron chi connectivity index (χ4n) is 1.58. The molecule has 0 unspecified atom stereocenters. The normalized spacial score (nSPS) is 11.2. The number of benzene rings is 1. The third-order valence-electron chi connectivity index (χ3n) is 3.37. The fourth-order valence-corrected chi connectivity index (χ4v) is 2.03. The van der Waals surface area contributed by atoms with E-state index >= 15 is 0 Å². The molecule has 0 saturated carbocycles. The zero-order chi connectivity index (χ0) is 14.6. The van der Waals surface area contributed by atoms with Gasteiger partial charge < -0.3 is 4.90 Å². The van der Waals surface area contributed by atoms with E-state index < -0.39 is 0 Å². The van der Waals surface area contributed by atoms with E-state index in [1.54, 1.807) is 4.90 Å². The lowest BCUT2D eigenvalue weighted by Crippen LogP contribution is -2.43. The van der Waals surface area contributed by atoms with E-state index in [2.05, 4.69) is 48.6 Å². The fraction of sp³-hybridized carbons (Fsp3) is 0.533. The van der Waals surface area contributed by atoms with Gasteiger partial charge >= 0.3 is 0 Å². The van der Waals surface area contributed by atoms with Gasteiger partial charge in [-0.15, -0.1) is 12.4 Å². The lowest BCUT2D eigenvalue weighted by atomic mass is 10.1. The van der Waals surface area contributed by atoms with Gasteiger partial charge in [0.1, 0.15) is 0 Å². The van der Waals surface area contributed by atoms with Gasteiger partial charge in [0, 0.05) is 30.1 Å². The minimum absolute atomic E-state index is 0. The Morgan fingerprint density at radius 2 is 1.70 bits per heavy atom. The highest BCUT2D eigenvalue weighted by molar-refractivity contribution is 9.10. The van der Waals surface area contributed by atoms with Crippen LogP contribution in [0.3, 0.4) is 0 Å². The van der Waals surface area contributed by atoms with Crippen LogP contribution in [0.4, 0.5) is 0 Å². The van der Waals surface area contributed by atoms with E-state index in [1.165, 1.54) is 0 Å². The lowest BCUT2D eigenvalue weighted by molar-refractivity contribution is 0.0756. The van der Waals surface area contributed by atoms with Crippen LogP contribution in [0.2, 0.25) is 0 Å². The molecule has 0 fully saturated rings. The average molecular weight is 364 g/mol. The zero-order valence-electron chi connectivity index (χ0n) is 12.8. The van der Waals surface area contributed by atoms with Gasteiger partial charge in [-0.05, 0) is 55.9 Å². The molecule has 1 rings (SSSR count). The second-order valence-electron chi connectivity index (χ2n) is 5.80. The molecule has 0 aromatic heterocycles. The summed E-state index contributed by atoms with van der Waals surface area (Å²) in [7, 11) is 3.93. The van der Waals surface area contributed by atoms with Gasteiger partial charge in [-0.25, -0.2) is 0 Å². The van der Waals surface area contributed by atoms with Crippen LogP contribution in [0.1, 0.15) is 31.1 Å². The molecule has 0 spiro atoms. The molecule has 1 amide bonds. The number of carbonyl (C=O) groups excluding carboxylic acids is 1. The van der Waals surface area contributed by atoms with E-state index in [4.69, 9.17) is 0 Å². The monoisotopic (exact) mass is 362 g/mol. The van der Waals surface area contributed by atoms with Crippen LogP contribution in [0, 0.1) is 0 Å². The van der Waals surface area contributed by atoms with Crippen molar-refractivity contribution < 1.29 is 4.79 Å². The lowest BCUT2D eigenvalue weighted by Gasteiger charge is -2.33. The summed E-state index contributed by atoms with van der Waals surface area (Å²) in [6.07, 6.45) is 0. The van der Waals surface area contributed by atoms with Crippen molar-refractivity contribution in [1.82, 2.24) is 9.80 Å². The molecule has 0 atom stereocenters. The second-order valence-corrected chi connectivity index (χ2v) is 6.65. The molecule has 0 aliphatic heterocycles. The predicted octanol–water partition coefficient (Wildman–Crippen LogP) is 3.67. The van der Waals surface area contributed by atoms with Crippen LogP contribution >= 0.6 is 28.3 Å². The van der Waals surface area contributed by atoms with E-state index in [1.807, 2.05) is 31.3 Å². The summed E-state index contributed by atoms with van der Waals surface area (Å²) < 4.78 is 0.844. The number of halogens is 2. The van der Waals surface area contributed by atoms with Crippen LogP contribution in [-0.4, -0.2) is 48.4 Å². The van der Waals surface area contributed by atoms with E-state index in [9.17, 15) is 4.79 Å². The molecule has 5 heteroatoms. The second kappa shape index (κ2) is 8.01. The molecule has 3 nitrogen and oxygen atoms in total. The highest BCUT2D eigenvalue weighted by atomic mass is 79.9. The maximum Gasteiger partial charge on any atom is 0.254 e. The number of carbonyl (C=O) groups is 1. The molecule has 20 heavy (non-hydrogen) atoms. The maximum atomic E-state index is 12.3. The molecule has 0 heterocycles. The Balaban J connectivity index is 0.00000361. The first-order valence-corrected chi connectivity index (χ1v) is 7.24. The zero-order valence-corrected chi connectivity index (χ0v) is 15.2. The Bertz CT molecular complexity index is 446. The van der Waals surface area contributed by atoms with Crippen molar-refractivity contribution in [1.29, 1.82) is 0 Å². The number of rotatable bonds is 4. The number of likely N-dealkylation sites (N-methyl/N-ethyl adjacent to an activating group) is 2. The van der Waals surface area contributed by atoms with Crippen LogP contribution in [0.15, 0.2) is 28.7 Å². The van der Waals surface area contributed by atoms with Gasteiger partial charge in [0.05, 0.1) is 5.56 Å². The van der Waals surface area contributed by atoms with Crippen molar-refractivity contribution in [2.75, 3.05) is 27.2 Å². The molecular formula is C15H24BrClN2O. The molecule has 0 bridgehead atoms. The standard InChI is InChI=1S/C15H23BrN2O.ClH/c1-15(2,3)18(5)11-10-17(4)14(19)12-8-6-7-9-13(12)16;/h6-9H,10-11H2,1-5H3;1H. The van der Waals surface area contributed by atoms with Gasteiger partial charge in [-0.2, -0.15) is 0 Å². The summed E-state index contributed by atoms with van der Waals surface area (Å²) in [6.45, 7) is 8.08. The van der Waals surface area contributed by atoms with Crippen molar-refractivity contribution in [3.63, 3.8) is 0 Å². The number of hydrogen-bond donors (Lipinski definition) is 0. The predicted molar refractivity (Wildman–Crippen MR) is 90.7 cm³/mol. The summed E-state index contributed by atoms with van der Waals surface area (Å²) in [4.78, 5) is 16.3. The molecule has 0 N–H and O–H groups in total. The molecule has 1 aromatic carbocycles. The van der Waals surface area contributed by atoms with Crippen LogP contribution < -0.4 is 0 Å². The number of hydrogen-bond acceptors (Lipinski definition) is 2. The SMILES string of the molecule is CN(CCN(C)C(C)(C)C)C(=O)c1ccccc1Br.Cl. The van der Waals surface area contributed by atoms with Crippen molar-refractivity contribution >= 4 is 34.2 Å². The first-order valence-electron chi connectivity index (χ1n) is 6.44. The third-order valence-corrected chi connectivity index (χ3v) is 4.06. The number of nitrogens with zero attached hydrogens (tertiary/aromatic N) is 2. The third kappa shape index (κ3) is 5.43. The summed E-state index contributed by atoms with van der Waals surface area (Å²) in [5.41, 5.74) is 0.834. The summed E-state index contributed by atoms with van der Waals surface area (Å²) in [5, 5.41) is 0. The summed E-state index contributed by atoms with van der Waals surface area (Å²) >= 11 is 3.42. The van der Waals surface area contributed by atoms with Crippen LogP contribution in [-0.2, 0) is 0 Å². The molecule has 0 radical (unpaired) electrons. The molecule has 0 saturated heterocycles. The van der Waals surface area contributed by atoms with Gasteiger partial charge in [0.2, 0.25) is 0 Å². The van der Waals surface area contributed by atoms with Crippen molar-refractivity contribution in [3.8, 4) is 0 Å². The van der Waals surface area contributed by atoms with Crippen LogP contribution in [0.25, 0.3) is 0 Å². The maximum absolute atomic E-state index is 12.3. The molecule has 1 aromatic rings. The molecule has 0 aliphatic carbocycles. The summed E-state index contributed by atoms with van der Waals surface area (Å²) in [6, 6.07) is 7.53. The smallest absolute Gasteiger partial charge is 0.254 e. The number of amides is 1. The quantitative estimate of drug-likeness (QED) is 0.815. The Morgan fingerprint density at radius 3 is 2.20 bits per heavy atom. The molecule has 0 aliphatic rings. The highest BCUT2D eigenvalue weighted by Gasteiger charge is 2.19. The van der Waals surface area contributed by atoms with E-state index in [-0.39, 0.29) is 23.9 Å². The Kier molecular flexibility index (Phi) is 7.78. The van der Waals surface area contributed by atoms with Gasteiger partial charge in [0.25, 0.3) is 5.91 Å². The largest absolute Gasteiger partial charge is 0.340 e. The minimum atomic E-state index is 0. The van der Waals surface area contributed by atoms with Crippen molar-refractivity contribution in [2.45, 2.75) is 26.3 Å². The average Bonchev–Trinajstić information content (AvgIpc) is 2.34. The first-order chi connectivity index (χ1) is 8.73. The van der Waals surface area contributed by atoms with Crippen LogP contribution in [0.5, 0.6) is 0 Å². The molecule has 114 valence electrons. The van der Waals surface area contributed by atoms with Gasteiger partial charge in [-0.1, -0.05) is 12.1 Å². The summed E-state index contributed by atoms with van der Waals surface area (Å²) in [5.74, 6) is 0.0507. The van der Waals surface area contributed by atoms with Crippen molar-refractivity contribution in [3.05, 3.63) is 34.3 Å². The van der Waals surface area contributed by atoms with E-state index in [0.29, 0.717) is 12.1 Å². The Labute approximate surface area is 136 Å². The topological polar surface area (TPSA) is 23.6 Å². The van der Waals surface area contributed by atoms with Gasteiger partial charge in [-0.3, -0.25) is 9.69 Å². The Hall–Kier alpha value is -0.580. The van der Waals surface area contributed by atoms with E-state index in [0.717, 1.165) is 11.0 Å². The van der Waals surface area contributed by atoms with Crippen molar-refractivity contribution in [2.24, 2.45) is 0 Å².